The summed E-state index contributed by atoms with van der Waals surface area (Å²) < 4.78 is 2.86. The topological polar surface area (TPSA) is 87.4 Å². The smallest absolute Gasteiger partial charge is 0.335 e. The molecular formula is C19H15Br2N3O3. The number of aliphatic imine (C=N–C) groups is 1. The van der Waals surface area contributed by atoms with Crippen molar-refractivity contribution in [2.45, 2.75) is 13.8 Å². The van der Waals surface area contributed by atoms with E-state index in [1.54, 1.807) is 18.2 Å². The van der Waals surface area contributed by atoms with Gasteiger partial charge >= 0.3 is 5.69 Å². The number of H-pyrrole nitrogens is 1. The summed E-state index contributed by atoms with van der Waals surface area (Å²) in [5, 5.41) is 10.6. The SMILES string of the molecule is Cc1cc(-n2c(O)c(C=Nc3ccc(Br)cc3)c(=O)[nH]c2=O)c(C)cc1Br. The molecule has 2 aromatic carbocycles. The van der Waals surface area contributed by atoms with E-state index >= 15 is 0 Å². The van der Waals surface area contributed by atoms with Gasteiger partial charge in [-0.1, -0.05) is 31.9 Å². The van der Waals surface area contributed by atoms with Crippen molar-refractivity contribution in [3.63, 3.8) is 0 Å². The van der Waals surface area contributed by atoms with Gasteiger partial charge in [-0.2, -0.15) is 0 Å². The molecule has 1 heterocycles. The highest BCUT2D eigenvalue weighted by Gasteiger charge is 2.16. The fourth-order valence-electron chi connectivity index (χ4n) is 2.55. The Morgan fingerprint density at radius 3 is 2.41 bits per heavy atom. The van der Waals surface area contributed by atoms with Gasteiger partial charge in [-0.3, -0.25) is 14.8 Å². The molecule has 6 nitrogen and oxygen atoms in total. The molecule has 8 heteroatoms. The van der Waals surface area contributed by atoms with E-state index in [9.17, 15) is 14.7 Å². The Morgan fingerprint density at radius 2 is 1.74 bits per heavy atom. The van der Waals surface area contributed by atoms with Crippen molar-refractivity contribution < 1.29 is 5.11 Å². The van der Waals surface area contributed by atoms with E-state index in [1.165, 1.54) is 6.21 Å². The van der Waals surface area contributed by atoms with Crippen molar-refractivity contribution in [2.24, 2.45) is 4.99 Å². The van der Waals surface area contributed by atoms with Crippen molar-refractivity contribution in [1.82, 2.24) is 9.55 Å². The lowest BCUT2D eigenvalue weighted by Gasteiger charge is -2.14. The average Bonchev–Trinajstić information content (AvgIpc) is 2.60. The maximum atomic E-state index is 12.4. The van der Waals surface area contributed by atoms with Crippen LogP contribution in [0, 0.1) is 13.8 Å². The number of aromatic nitrogens is 2. The molecule has 1 aromatic heterocycles. The molecule has 0 saturated heterocycles. The molecule has 138 valence electrons. The third-order valence-electron chi connectivity index (χ3n) is 4.01. The molecule has 0 radical (unpaired) electrons. The maximum Gasteiger partial charge on any atom is 0.335 e. The van der Waals surface area contributed by atoms with Crippen molar-refractivity contribution in [1.29, 1.82) is 0 Å². The first-order valence-electron chi connectivity index (χ1n) is 7.93. The summed E-state index contributed by atoms with van der Waals surface area (Å²) in [4.78, 5) is 31.0. The van der Waals surface area contributed by atoms with E-state index in [2.05, 4.69) is 41.8 Å². The van der Waals surface area contributed by atoms with E-state index in [-0.39, 0.29) is 5.56 Å². The molecule has 0 aliphatic rings. The van der Waals surface area contributed by atoms with Crippen LogP contribution in [0.15, 0.2) is 59.9 Å². The zero-order valence-corrected chi connectivity index (χ0v) is 17.6. The molecule has 2 N–H and O–H groups in total. The highest BCUT2D eigenvalue weighted by Crippen LogP contribution is 2.26. The average molecular weight is 493 g/mol. The minimum Gasteiger partial charge on any atom is -0.493 e. The van der Waals surface area contributed by atoms with Crippen LogP contribution < -0.4 is 11.2 Å². The number of aromatic hydroxyl groups is 1. The third-order valence-corrected chi connectivity index (χ3v) is 5.39. The van der Waals surface area contributed by atoms with Gasteiger partial charge < -0.3 is 5.11 Å². The number of hydrogen-bond donors (Lipinski definition) is 2. The van der Waals surface area contributed by atoms with E-state index < -0.39 is 17.1 Å². The maximum absolute atomic E-state index is 12.4. The largest absolute Gasteiger partial charge is 0.493 e. The van der Waals surface area contributed by atoms with Gasteiger partial charge in [0.15, 0.2) is 0 Å². The van der Waals surface area contributed by atoms with Gasteiger partial charge in [-0.15, -0.1) is 0 Å². The summed E-state index contributed by atoms with van der Waals surface area (Å²) in [5.74, 6) is -0.463. The quantitative estimate of drug-likeness (QED) is 0.539. The highest BCUT2D eigenvalue weighted by atomic mass is 79.9. The Labute approximate surface area is 171 Å². The Bertz CT molecular complexity index is 1160. The number of nitrogens with one attached hydrogen (secondary N) is 1. The van der Waals surface area contributed by atoms with Gasteiger partial charge in [-0.05, 0) is 61.4 Å². The zero-order valence-electron chi connectivity index (χ0n) is 14.5. The van der Waals surface area contributed by atoms with Crippen LogP contribution in [0.1, 0.15) is 16.7 Å². The molecule has 0 spiro atoms. The molecule has 27 heavy (non-hydrogen) atoms. The Balaban J connectivity index is 2.17. The monoisotopic (exact) mass is 491 g/mol. The number of aromatic amines is 1. The van der Waals surface area contributed by atoms with Crippen molar-refractivity contribution in [2.75, 3.05) is 0 Å². The second kappa shape index (κ2) is 7.66. The number of aryl methyl sites for hydroxylation is 2. The lowest BCUT2D eigenvalue weighted by atomic mass is 10.1. The third kappa shape index (κ3) is 3.96. The van der Waals surface area contributed by atoms with Gasteiger partial charge in [-0.25, -0.2) is 9.36 Å². The van der Waals surface area contributed by atoms with Gasteiger partial charge in [0.1, 0.15) is 5.56 Å². The van der Waals surface area contributed by atoms with Crippen LogP contribution in [0.5, 0.6) is 5.88 Å². The van der Waals surface area contributed by atoms with Gasteiger partial charge in [0.25, 0.3) is 5.56 Å². The Hall–Kier alpha value is -2.45. The summed E-state index contributed by atoms with van der Waals surface area (Å²) in [6.45, 7) is 3.68. The Kier molecular flexibility index (Phi) is 5.48. The number of rotatable bonds is 3. The molecule has 0 aliphatic heterocycles. The molecular weight excluding hydrogens is 478 g/mol. The summed E-state index contributed by atoms with van der Waals surface area (Å²) in [6, 6.07) is 10.7. The fourth-order valence-corrected chi connectivity index (χ4v) is 3.27. The first kappa shape index (κ1) is 19.3. The molecule has 0 fully saturated rings. The van der Waals surface area contributed by atoms with Crippen LogP contribution in [-0.2, 0) is 0 Å². The first-order chi connectivity index (χ1) is 12.8. The van der Waals surface area contributed by atoms with Crippen LogP contribution >= 0.6 is 31.9 Å². The summed E-state index contributed by atoms with van der Waals surface area (Å²) in [6.07, 6.45) is 1.24. The first-order valence-corrected chi connectivity index (χ1v) is 9.51. The minimum atomic E-state index is -0.719. The van der Waals surface area contributed by atoms with Crippen LogP contribution in [-0.4, -0.2) is 20.9 Å². The molecule has 0 amide bonds. The zero-order chi connectivity index (χ0) is 19.7. The molecule has 0 saturated carbocycles. The molecule has 0 aliphatic carbocycles. The normalized spacial score (nSPS) is 11.3. The number of hydrogen-bond acceptors (Lipinski definition) is 4. The number of benzene rings is 2. The summed E-state index contributed by atoms with van der Waals surface area (Å²) in [5.41, 5.74) is 1.20. The van der Waals surface area contributed by atoms with Crippen LogP contribution in [0.3, 0.4) is 0 Å². The molecule has 0 unspecified atom stereocenters. The molecule has 0 atom stereocenters. The van der Waals surface area contributed by atoms with Crippen LogP contribution in [0.25, 0.3) is 5.69 Å². The lowest BCUT2D eigenvalue weighted by Crippen LogP contribution is -2.31. The second-order valence-corrected chi connectivity index (χ2v) is 7.72. The minimum absolute atomic E-state index is 0.0995. The summed E-state index contributed by atoms with van der Waals surface area (Å²) in [7, 11) is 0. The van der Waals surface area contributed by atoms with Crippen molar-refractivity contribution in [3.8, 4) is 11.6 Å². The van der Waals surface area contributed by atoms with Gasteiger partial charge in [0.2, 0.25) is 5.88 Å². The lowest BCUT2D eigenvalue weighted by molar-refractivity contribution is 0.430. The van der Waals surface area contributed by atoms with E-state index in [0.29, 0.717) is 11.4 Å². The van der Waals surface area contributed by atoms with Crippen molar-refractivity contribution in [3.05, 3.63) is 82.9 Å². The van der Waals surface area contributed by atoms with E-state index in [0.717, 1.165) is 24.6 Å². The van der Waals surface area contributed by atoms with Crippen molar-refractivity contribution >= 4 is 43.8 Å². The summed E-state index contributed by atoms with van der Waals surface area (Å²) >= 11 is 6.78. The molecule has 0 bridgehead atoms. The van der Waals surface area contributed by atoms with Crippen LogP contribution in [0.2, 0.25) is 0 Å². The Morgan fingerprint density at radius 1 is 1.07 bits per heavy atom. The van der Waals surface area contributed by atoms with E-state index in [1.807, 2.05) is 32.0 Å². The number of nitrogens with zero attached hydrogens (tertiary/aromatic N) is 2. The standard InChI is InChI=1S/C19H15Br2N3O3/c1-10-8-16(11(2)7-15(10)21)24-18(26)14(17(25)23-19(24)27)9-22-13-5-3-12(20)4-6-13/h3-9,26H,1-2H3,(H,23,25,27). The fraction of sp³-hybridized carbons (Fsp3) is 0.105. The second-order valence-electron chi connectivity index (χ2n) is 5.95. The predicted molar refractivity (Wildman–Crippen MR) is 113 cm³/mol. The van der Waals surface area contributed by atoms with E-state index in [4.69, 9.17) is 0 Å². The van der Waals surface area contributed by atoms with Crippen LogP contribution in [0.4, 0.5) is 5.69 Å². The van der Waals surface area contributed by atoms with Gasteiger partial charge in [0.05, 0.1) is 11.4 Å². The highest BCUT2D eigenvalue weighted by molar-refractivity contribution is 9.10. The predicted octanol–water partition coefficient (Wildman–Crippen LogP) is 4.12. The van der Waals surface area contributed by atoms with Gasteiger partial charge in [0, 0.05) is 15.2 Å². The molecule has 3 rings (SSSR count). The molecule has 3 aromatic rings. The number of halogens is 2.